The van der Waals surface area contributed by atoms with Crippen LogP contribution in [0.3, 0.4) is 0 Å². The quantitative estimate of drug-likeness (QED) is 0.842. The Morgan fingerprint density at radius 2 is 1.95 bits per heavy atom. The lowest BCUT2D eigenvalue weighted by molar-refractivity contribution is 0.302. The van der Waals surface area contributed by atoms with Crippen molar-refractivity contribution in [1.82, 2.24) is 10.3 Å². The van der Waals surface area contributed by atoms with Gasteiger partial charge >= 0.3 is 0 Å². The van der Waals surface area contributed by atoms with Crippen molar-refractivity contribution in [3.8, 4) is 5.75 Å². The standard InChI is InChI=1S/C18H24N2O/c1-4-19-12-14(2)17-9-7-16(8-10-17)13-21-18-6-5-11-20-15(18)3/h5-11,14,19H,4,12-13H2,1-3H3. The van der Waals surface area contributed by atoms with Gasteiger partial charge in [-0.2, -0.15) is 0 Å². The van der Waals surface area contributed by atoms with Crippen LogP contribution in [0, 0.1) is 6.92 Å². The lowest BCUT2D eigenvalue weighted by Gasteiger charge is -2.13. The molecular formula is C18H24N2O. The van der Waals surface area contributed by atoms with Gasteiger partial charge in [-0.1, -0.05) is 38.1 Å². The summed E-state index contributed by atoms with van der Waals surface area (Å²) in [6, 6.07) is 12.5. The number of nitrogens with one attached hydrogen (secondary N) is 1. The average Bonchev–Trinajstić information content (AvgIpc) is 2.52. The summed E-state index contributed by atoms with van der Waals surface area (Å²) in [7, 11) is 0. The summed E-state index contributed by atoms with van der Waals surface area (Å²) in [6.07, 6.45) is 1.78. The molecule has 3 heteroatoms. The number of likely N-dealkylation sites (N-methyl/N-ethyl adjacent to an activating group) is 1. The van der Waals surface area contributed by atoms with Crippen LogP contribution in [0.25, 0.3) is 0 Å². The third kappa shape index (κ3) is 4.57. The third-order valence-corrected chi connectivity index (χ3v) is 3.60. The monoisotopic (exact) mass is 284 g/mol. The first-order valence-corrected chi connectivity index (χ1v) is 7.54. The van der Waals surface area contributed by atoms with Crippen LogP contribution in [-0.4, -0.2) is 18.1 Å². The van der Waals surface area contributed by atoms with Crippen molar-refractivity contribution < 1.29 is 4.74 Å². The fourth-order valence-electron chi connectivity index (χ4n) is 2.20. The van der Waals surface area contributed by atoms with E-state index in [4.69, 9.17) is 4.74 Å². The maximum absolute atomic E-state index is 5.81. The molecule has 0 bridgehead atoms. The molecule has 1 atom stereocenters. The van der Waals surface area contributed by atoms with Gasteiger partial charge in [0.25, 0.3) is 0 Å². The van der Waals surface area contributed by atoms with Gasteiger partial charge in [0.1, 0.15) is 12.4 Å². The molecule has 0 aliphatic heterocycles. The van der Waals surface area contributed by atoms with Gasteiger partial charge in [-0.3, -0.25) is 4.98 Å². The van der Waals surface area contributed by atoms with Gasteiger partial charge < -0.3 is 10.1 Å². The van der Waals surface area contributed by atoms with Crippen molar-refractivity contribution in [2.24, 2.45) is 0 Å². The second-order valence-corrected chi connectivity index (χ2v) is 5.33. The van der Waals surface area contributed by atoms with Gasteiger partial charge in [0, 0.05) is 12.7 Å². The van der Waals surface area contributed by atoms with Crippen LogP contribution in [0.5, 0.6) is 5.75 Å². The molecule has 112 valence electrons. The first kappa shape index (κ1) is 15.5. The summed E-state index contributed by atoms with van der Waals surface area (Å²) in [5.41, 5.74) is 3.46. The third-order valence-electron chi connectivity index (χ3n) is 3.60. The minimum absolute atomic E-state index is 0.528. The molecule has 3 nitrogen and oxygen atoms in total. The Kier molecular flexibility index (Phi) is 5.76. The fraction of sp³-hybridized carbons (Fsp3) is 0.389. The highest BCUT2D eigenvalue weighted by molar-refractivity contribution is 5.28. The number of hydrogen-bond acceptors (Lipinski definition) is 3. The van der Waals surface area contributed by atoms with Crippen LogP contribution in [-0.2, 0) is 6.61 Å². The zero-order valence-electron chi connectivity index (χ0n) is 13.1. The number of hydrogen-bond donors (Lipinski definition) is 1. The lowest BCUT2D eigenvalue weighted by Crippen LogP contribution is -2.19. The van der Waals surface area contributed by atoms with E-state index in [2.05, 4.69) is 48.4 Å². The van der Waals surface area contributed by atoms with Gasteiger partial charge in [-0.05, 0) is 42.6 Å². The van der Waals surface area contributed by atoms with Crippen molar-refractivity contribution in [3.05, 3.63) is 59.4 Å². The van der Waals surface area contributed by atoms with E-state index in [1.165, 1.54) is 11.1 Å². The molecule has 0 fully saturated rings. The number of aryl methyl sites for hydroxylation is 1. The van der Waals surface area contributed by atoms with Crippen LogP contribution in [0.15, 0.2) is 42.6 Å². The molecule has 2 rings (SSSR count). The summed E-state index contributed by atoms with van der Waals surface area (Å²) in [4.78, 5) is 4.23. The van der Waals surface area contributed by atoms with E-state index in [0.717, 1.165) is 24.5 Å². The minimum atomic E-state index is 0.528. The lowest BCUT2D eigenvalue weighted by atomic mass is 10.00. The minimum Gasteiger partial charge on any atom is -0.487 e. The Bertz CT molecular complexity index is 551. The molecule has 1 aromatic carbocycles. The Morgan fingerprint density at radius 3 is 2.62 bits per heavy atom. The molecule has 0 radical (unpaired) electrons. The summed E-state index contributed by atoms with van der Waals surface area (Å²) in [5.74, 6) is 1.38. The van der Waals surface area contributed by atoms with Crippen molar-refractivity contribution in [2.45, 2.75) is 33.3 Å². The van der Waals surface area contributed by atoms with Crippen LogP contribution in [0.1, 0.15) is 36.6 Å². The largest absolute Gasteiger partial charge is 0.487 e. The van der Waals surface area contributed by atoms with Crippen LogP contribution < -0.4 is 10.1 Å². The highest BCUT2D eigenvalue weighted by Gasteiger charge is 2.05. The number of ether oxygens (including phenoxy) is 1. The van der Waals surface area contributed by atoms with Crippen LogP contribution >= 0.6 is 0 Å². The Labute approximate surface area is 127 Å². The summed E-state index contributed by atoms with van der Waals surface area (Å²) in [6.45, 7) is 8.94. The normalized spacial score (nSPS) is 12.1. The molecule has 1 N–H and O–H groups in total. The van der Waals surface area contributed by atoms with E-state index < -0.39 is 0 Å². The van der Waals surface area contributed by atoms with Crippen LogP contribution in [0.2, 0.25) is 0 Å². The molecule has 0 aliphatic rings. The molecule has 0 aliphatic carbocycles. The second-order valence-electron chi connectivity index (χ2n) is 5.33. The summed E-state index contributed by atoms with van der Waals surface area (Å²) >= 11 is 0. The zero-order valence-corrected chi connectivity index (χ0v) is 13.1. The van der Waals surface area contributed by atoms with Gasteiger partial charge in [0.05, 0.1) is 5.69 Å². The first-order chi connectivity index (χ1) is 10.2. The van der Waals surface area contributed by atoms with E-state index in [1.54, 1.807) is 6.20 Å². The van der Waals surface area contributed by atoms with E-state index in [-0.39, 0.29) is 0 Å². The average molecular weight is 284 g/mol. The van der Waals surface area contributed by atoms with Gasteiger partial charge in [0.15, 0.2) is 0 Å². The van der Waals surface area contributed by atoms with E-state index in [0.29, 0.717) is 12.5 Å². The number of benzene rings is 1. The topological polar surface area (TPSA) is 34.1 Å². The zero-order chi connectivity index (χ0) is 15.1. The van der Waals surface area contributed by atoms with Crippen molar-refractivity contribution in [1.29, 1.82) is 0 Å². The number of aromatic nitrogens is 1. The summed E-state index contributed by atoms with van der Waals surface area (Å²) < 4.78 is 5.81. The predicted molar refractivity (Wildman–Crippen MR) is 86.7 cm³/mol. The predicted octanol–water partition coefficient (Wildman–Crippen LogP) is 3.68. The molecule has 1 unspecified atom stereocenters. The van der Waals surface area contributed by atoms with E-state index in [1.807, 2.05) is 19.1 Å². The number of rotatable bonds is 7. The molecule has 2 aromatic rings. The fourth-order valence-corrected chi connectivity index (χ4v) is 2.20. The summed E-state index contributed by atoms with van der Waals surface area (Å²) in [5, 5.41) is 3.38. The molecule has 0 spiro atoms. The highest BCUT2D eigenvalue weighted by Crippen LogP contribution is 2.18. The SMILES string of the molecule is CCNCC(C)c1ccc(COc2cccnc2C)cc1. The number of nitrogens with zero attached hydrogens (tertiary/aromatic N) is 1. The molecule has 0 saturated carbocycles. The van der Waals surface area contributed by atoms with Gasteiger partial charge in [0.2, 0.25) is 0 Å². The molecular weight excluding hydrogens is 260 g/mol. The Balaban J connectivity index is 1.92. The maximum atomic E-state index is 5.81. The number of pyridine rings is 1. The highest BCUT2D eigenvalue weighted by atomic mass is 16.5. The maximum Gasteiger partial charge on any atom is 0.141 e. The molecule has 21 heavy (non-hydrogen) atoms. The Morgan fingerprint density at radius 1 is 1.19 bits per heavy atom. The van der Waals surface area contributed by atoms with E-state index >= 15 is 0 Å². The first-order valence-electron chi connectivity index (χ1n) is 7.54. The molecule has 0 amide bonds. The molecule has 1 aromatic heterocycles. The van der Waals surface area contributed by atoms with E-state index in [9.17, 15) is 0 Å². The van der Waals surface area contributed by atoms with Crippen LogP contribution in [0.4, 0.5) is 0 Å². The second kappa shape index (κ2) is 7.79. The van der Waals surface area contributed by atoms with Gasteiger partial charge in [-0.15, -0.1) is 0 Å². The molecule has 1 heterocycles. The molecule has 0 saturated heterocycles. The van der Waals surface area contributed by atoms with Crippen molar-refractivity contribution in [3.63, 3.8) is 0 Å². The van der Waals surface area contributed by atoms with Crippen molar-refractivity contribution in [2.75, 3.05) is 13.1 Å². The smallest absolute Gasteiger partial charge is 0.141 e. The van der Waals surface area contributed by atoms with Crippen molar-refractivity contribution >= 4 is 0 Å². The van der Waals surface area contributed by atoms with Gasteiger partial charge in [-0.25, -0.2) is 0 Å². The Hall–Kier alpha value is -1.87.